The Morgan fingerprint density at radius 3 is 1.57 bits per heavy atom. The molecule has 0 aromatic heterocycles. The van der Waals surface area contributed by atoms with Crippen LogP contribution in [0, 0.1) is 0 Å². The standard InChI is InChI=1S/C6H9O7P/c7-3(8)1-6(13-14,5(11)12)2-4(9)10/h1-2,14H2,(H,7,8)(H,9,10)(H,11,12). The van der Waals surface area contributed by atoms with E-state index in [-0.39, 0.29) is 0 Å². The van der Waals surface area contributed by atoms with Gasteiger partial charge in [0.2, 0.25) is 0 Å². The van der Waals surface area contributed by atoms with Crippen LogP contribution in [0.25, 0.3) is 0 Å². The van der Waals surface area contributed by atoms with Gasteiger partial charge in [-0.2, -0.15) is 0 Å². The summed E-state index contributed by atoms with van der Waals surface area (Å²) < 4.78 is 4.38. The molecule has 0 amide bonds. The number of hydrogen-bond acceptors (Lipinski definition) is 4. The van der Waals surface area contributed by atoms with Crippen molar-refractivity contribution in [2.45, 2.75) is 18.4 Å². The highest BCUT2D eigenvalue weighted by Crippen LogP contribution is 2.24. The average Bonchev–Trinajstić information content (AvgIpc) is 2.00. The molecule has 0 fully saturated rings. The molecule has 0 spiro atoms. The zero-order chi connectivity index (χ0) is 11.4. The van der Waals surface area contributed by atoms with Crippen LogP contribution in [0.5, 0.6) is 0 Å². The normalized spacial score (nSPS) is 10.9. The number of carbonyl (C=O) groups is 3. The molecule has 0 saturated heterocycles. The Balaban J connectivity index is 4.87. The zero-order valence-corrected chi connectivity index (χ0v) is 8.12. The van der Waals surface area contributed by atoms with Crippen molar-refractivity contribution in [2.24, 2.45) is 0 Å². The lowest BCUT2D eigenvalue weighted by Gasteiger charge is -2.23. The number of aliphatic carboxylic acids is 3. The lowest BCUT2D eigenvalue weighted by molar-refractivity contribution is -0.166. The van der Waals surface area contributed by atoms with Gasteiger partial charge in [0.25, 0.3) is 0 Å². The van der Waals surface area contributed by atoms with E-state index in [2.05, 4.69) is 4.52 Å². The van der Waals surface area contributed by atoms with Crippen molar-refractivity contribution in [1.29, 1.82) is 0 Å². The summed E-state index contributed by atoms with van der Waals surface area (Å²) in [4.78, 5) is 31.3. The molecule has 0 aliphatic rings. The fourth-order valence-corrected chi connectivity index (χ4v) is 1.10. The van der Waals surface area contributed by atoms with Gasteiger partial charge in [0.15, 0.2) is 5.60 Å². The number of carboxylic acids is 3. The van der Waals surface area contributed by atoms with E-state index in [9.17, 15) is 14.4 Å². The molecule has 0 saturated carbocycles. The van der Waals surface area contributed by atoms with Gasteiger partial charge in [0.1, 0.15) is 0 Å². The van der Waals surface area contributed by atoms with Gasteiger partial charge in [-0.15, -0.1) is 0 Å². The Morgan fingerprint density at radius 1 is 1.07 bits per heavy atom. The van der Waals surface area contributed by atoms with E-state index in [1.54, 1.807) is 9.47 Å². The zero-order valence-electron chi connectivity index (χ0n) is 6.97. The molecular formula is C6H9O7P. The summed E-state index contributed by atoms with van der Waals surface area (Å²) in [6.07, 6.45) is -1.84. The Labute approximate surface area is 81.0 Å². The number of carboxylic acid groups (broad SMARTS) is 3. The first-order valence-corrected chi connectivity index (χ1v) is 3.86. The van der Waals surface area contributed by atoms with Gasteiger partial charge in [-0.05, 0) is 0 Å². The lowest BCUT2D eigenvalue weighted by atomic mass is 9.96. The molecule has 0 bridgehead atoms. The van der Waals surface area contributed by atoms with Crippen LogP contribution in [0.3, 0.4) is 0 Å². The van der Waals surface area contributed by atoms with Crippen LogP contribution in [0.1, 0.15) is 12.8 Å². The summed E-state index contributed by atoms with van der Waals surface area (Å²) >= 11 is 0. The summed E-state index contributed by atoms with van der Waals surface area (Å²) in [5, 5.41) is 25.4. The van der Waals surface area contributed by atoms with Crippen molar-refractivity contribution in [3.63, 3.8) is 0 Å². The maximum absolute atomic E-state index is 10.7. The van der Waals surface area contributed by atoms with Gasteiger partial charge in [-0.1, -0.05) is 0 Å². The van der Waals surface area contributed by atoms with Crippen LogP contribution in [0.15, 0.2) is 0 Å². The van der Waals surface area contributed by atoms with Crippen molar-refractivity contribution >= 4 is 27.4 Å². The Kier molecular flexibility index (Phi) is 4.46. The van der Waals surface area contributed by atoms with Gasteiger partial charge in [-0.25, -0.2) is 4.79 Å². The van der Waals surface area contributed by atoms with Gasteiger partial charge < -0.3 is 19.8 Å². The molecular weight excluding hydrogens is 215 g/mol. The second-order valence-corrected chi connectivity index (χ2v) is 2.79. The molecule has 0 aliphatic carbocycles. The maximum atomic E-state index is 10.7. The van der Waals surface area contributed by atoms with Crippen LogP contribution in [0.4, 0.5) is 0 Å². The minimum atomic E-state index is -2.23. The maximum Gasteiger partial charge on any atom is 0.337 e. The topological polar surface area (TPSA) is 121 Å². The molecule has 0 aliphatic heterocycles. The van der Waals surface area contributed by atoms with E-state index >= 15 is 0 Å². The number of rotatable bonds is 6. The molecule has 80 valence electrons. The Bertz CT molecular complexity index is 245. The lowest BCUT2D eigenvalue weighted by Crippen LogP contribution is -2.43. The van der Waals surface area contributed by atoms with E-state index < -0.39 is 36.4 Å². The SMILES string of the molecule is O=C(O)CC(CC(=O)O)(OP)C(=O)O. The first-order chi connectivity index (χ1) is 6.34. The molecule has 0 radical (unpaired) electrons. The summed E-state index contributed by atoms with van der Waals surface area (Å²) in [6, 6.07) is 0. The van der Waals surface area contributed by atoms with Crippen LogP contribution >= 0.6 is 9.47 Å². The highest BCUT2D eigenvalue weighted by molar-refractivity contribution is 7.10. The minimum absolute atomic E-state index is 0.919. The molecule has 7 nitrogen and oxygen atoms in total. The summed E-state index contributed by atoms with van der Waals surface area (Å²) in [6.45, 7) is 0. The highest BCUT2D eigenvalue weighted by atomic mass is 31.0. The molecule has 8 heteroatoms. The first-order valence-electron chi connectivity index (χ1n) is 3.39. The van der Waals surface area contributed by atoms with Crippen molar-refractivity contribution in [1.82, 2.24) is 0 Å². The Morgan fingerprint density at radius 2 is 1.43 bits per heavy atom. The summed E-state index contributed by atoms with van der Waals surface area (Å²) in [7, 11) is 1.56. The molecule has 0 aromatic rings. The molecule has 0 heterocycles. The fourth-order valence-electron chi connectivity index (χ4n) is 0.836. The smallest absolute Gasteiger partial charge is 0.337 e. The third-order valence-electron chi connectivity index (χ3n) is 1.49. The molecule has 14 heavy (non-hydrogen) atoms. The van der Waals surface area contributed by atoms with Gasteiger partial charge in [-0.3, -0.25) is 9.59 Å². The van der Waals surface area contributed by atoms with Crippen LogP contribution in [-0.4, -0.2) is 38.8 Å². The summed E-state index contributed by atoms with van der Waals surface area (Å²) in [5.41, 5.74) is -2.23. The Hall–Kier alpha value is -1.20. The molecule has 0 rings (SSSR count). The van der Waals surface area contributed by atoms with Gasteiger partial charge in [0, 0.05) is 9.47 Å². The van der Waals surface area contributed by atoms with E-state index in [1.165, 1.54) is 0 Å². The first kappa shape index (κ1) is 12.8. The van der Waals surface area contributed by atoms with Crippen molar-refractivity contribution < 1.29 is 34.2 Å². The van der Waals surface area contributed by atoms with E-state index in [1.807, 2.05) is 0 Å². The van der Waals surface area contributed by atoms with Gasteiger partial charge >= 0.3 is 17.9 Å². The quantitative estimate of drug-likeness (QED) is 0.523. The minimum Gasteiger partial charge on any atom is -0.481 e. The highest BCUT2D eigenvalue weighted by Gasteiger charge is 2.43. The molecule has 0 aromatic carbocycles. The molecule has 1 unspecified atom stereocenters. The molecule has 1 atom stereocenters. The van der Waals surface area contributed by atoms with Gasteiger partial charge in [0.05, 0.1) is 12.8 Å². The second-order valence-electron chi connectivity index (χ2n) is 2.56. The van der Waals surface area contributed by atoms with Crippen molar-refractivity contribution in [3.8, 4) is 0 Å². The predicted octanol–water partition coefficient (Wildman–Crippen LogP) is -0.434. The van der Waals surface area contributed by atoms with E-state index in [0.717, 1.165) is 0 Å². The van der Waals surface area contributed by atoms with Crippen LogP contribution in [-0.2, 0) is 18.9 Å². The predicted molar refractivity (Wildman–Crippen MR) is 45.7 cm³/mol. The van der Waals surface area contributed by atoms with E-state index in [4.69, 9.17) is 15.3 Å². The third-order valence-corrected chi connectivity index (χ3v) is 1.94. The van der Waals surface area contributed by atoms with E-state index in [0.29, 0.717) is 0 Å². The largest absolute Gasteiger partial charge is 0.481 e. The van der Waals surface area contributed by atoms with Crippen LogP contribution < -0.4 is 0 Å². The average molecular weight is 224 g/mol. The second kappa shape index (κ2) is 4.88. The fraction of sp³-hybridized carbons (Fsp3) is 0.500. The van der Waals surface area contributed by atoms with Crippen LogP contribution in [0.2, 0.25) is 0 Å². The number of hydrogen-bond donors (Lipinski definition) is 3. The van der Waals surface area contributed by atoms with Crippen molar-refractivity contribution in [3.05, 3.63) is 0 Å². The third kappa shape index (κ3) is 3.27. The monoisotopic (exact) mass is 224 g/mol. The summed E-state index contributed by atoms with van der Waals surface area (Å²) in [5.74, 6) is -4.52. The van der Waals surface area contributed by atoms with Crippen molar-refractivity contribution in [2.75, 3.05) is 0 Å². The molecule has 3 N–H and O–H groups in total.